The van der Waals surface area contributed by atoms with E-state index in [4.69, 9.17) is 11.6 Å². The largest absolute Gasteiger partial charge is 0.345 e. The second-order valence-corrected chi connectivity index (χ2v) is 5.52. The fourth-order valence-corrected chi connectivity index (χ4v) is 2.37. The highest BCUT2D eigenvalue weighted by atomic mass is 79.9. The Bertz CT molecular complexity index is 586. The van der Waals surface area contributed by atoms with Gasteiger partial charge in [0.05, 0.1) is 11.6 Å². The number of carbonyl (C=O) groups is 1. The Morgan fingerprint density at radius 2 is 1.89 bits per heavy atom. The normalized spacial score (nSPS) is 11.9. The van der Waals surface area contributed by atoms with Crippen molar-refractivity contribution in [2.45, 2.75) is 13.0 Å². The Morgan fingerprint density at radius 3 is 2.58 bits per heavy atom. The number of hydrogen-bond acceptors (Lipinski definition) is 1. The minimum absolute atomic E-state index is 0.0559. The van der Waals surface area contributed by atoms with Crippen molar-refractivity contribution in [3.63, 3.8) is 0 Å². The Balaban J connectivity index is 2.15. The highest BCUT2D eigenvalue weighted by molar-refractivity contribution is 9.10. The number of halogens is 2. The van der Waals surface area contributed by atoms with Gasteiger partial charge in [0.2, 0.25) is 0 Å². The quantitative estimate of drug-likeness (QED) is 0.871. The maximum Gasteiger partial charge on any atom is 0.252 e. The summed E-state index contributed by atoms with van der Waals surface area (Å²) >= 11 is 9.27. The molecule has 0 radical (unpaired) electrons. The number of carbonyl (C=O) groups excluding carboxylic acids is 1. The average Bonchev–Trinajstić information content (AvgIpc) is 2.42. The molecule has 2 nitrogen and oxygen atoms in total. The standard InChI is InChI=1S/C15H13BrClNO/c1-10(11-5-3-2-4-6-11)18-15(19)13-9-12(17)7-8-14(13)16/h2-10H,1H3,(H,18,19). The van der Waals surface area contributed by atoms with Crippen LogP contribution < -0.4 is 5.32 Å². The highest BCUT2D eigenvalue weighted by Crippen LogP contribution is 2.22. The topological polar surface area (TPSA) is 29.1 Å². The van der Waals surface area contributed by atoms with Gasteiger partial charge >= 0.3 is 0 Å². The van der Waals surface area contributed by atoms with Crippen LogP contribution in [0.15, 0.2) is 53.0 Å². The van der Waals surface area contributed by atoms with Gasteiger partial charge in [0.25, 0.3) is 5.91 Å². The molecule has 2 rings (SSSR count). The van der Waals surface area contributed by atoms with Gasteiger partial charge in [0.15, 0.2) is 0 Å². The van der Waals surface area contributed by atoms with E-state index in [1.54, 1.807) is 18.2 Å². The molecule has 0 heterocycles. The molecule has 19 heavy (non-hydrogen) atoms. The molecule has 98 valence electrons. The van der Waals surface area contributed by atoms with E-state index in [1.165, 1.54) is 0 Å². The van der Waals surface area contributed by atoms with E-state index >= 15 is 0 Å². The van der Waals surface area contributed by atoms with Crippen LogP contribution >= 0.6 is 27.5 Å². The first-order chi connectivity index (χ1) is 9.08. The predicted octanol–water partition coefficient (Wildman–Crippen LogP) is 4.59. The molecule has 4 heteroatoms. The third kappa shape index (κ3) is 3.58. The van der Waals surface area contributed by atoms with Crippen molar-refractivity contribution in [3.05, 3.63) is 69.2 Å². The second-order valence-electron chi connectivity index (χ2n) is 4.23. The van der Waals surface area contributed by atoms with Crippen molar-refractivity contribution < 1.29 is 4.79 Å². The van der Waals surface area contributed by atoms with Crippen molar-refractivity contribution in [1.82, 2.24) is 5.32 Å². The van der Waals surface area contributed by atoms with E-state index in [-0.39, 0.29) is 11.9 Å². The summed E-state index contributed by atoms with van der Waals surface area (Å²) in [5.74, 6) is -0.147. The van der Waals surface area contributed by atoms with Crippen LogP contribution in [0, 0.1) is 0 Å². The minimum atomic E-state index is -0.147. The fraction of sp³-hybridized carbons (Fsp3) is 0.133. The Hall–Kier alpha value is -1.32. The molecule has 1 amide bonds. The van der Waals surface area contributed by atoms with Crippen molar-refractivity contribution in [3.8, 4) is 0 Å². The fourth-order valence-electron chi connectivity index (χ4n) is 1.77. The van der Waals surface area contributed by atoms with Crippen LogP contribution in [0.2, 0.25) is 5.02 Å². The molecular weight excluding hydrogens is 326 g/mol. The van der Waals surface area contributed by atoms with Gasteiger partial charge in [-0.1, -0.05) is 41.9 Å². The molecule has 2 aromatic carbocycles. The molecule has 0 bridgehead atoms. The summed E-state index contributed by atoms with van der Waals surface area (Å²) < 4.78 is 0.731. The summed E-state index contributed by atoms with van der Waals surface area (Å²) in [5.41, 5.74) is 1.60. The first kappa shape index (κ1) is 14.1. The van der Waals surface area contributed by atoms with E-state index < -0.39 is 0 Å². The minimum Gasteiger partial charge on any atom is -0.345 e. The lowest BCUT2D eigenvalue weighted by Gasteiger charge is -2.15. The SMILES string of the molecule is CC(NC(=O)c1cc(Cl)ccc1Br)c1ccccc1. The summed E-state index contributed by atoms with van der Waals surface area (Å²) in [6.07, 6.45) is 0. The third-order valence-electron chi connectivity index (χ3n) is 2.82. The number of nitrogens with one attached hydrogen (secondary N) is 1. The zero-order valence-corrected chi connectivity index (χ0v) is 12.7. The van der Waals surface area contributed by atoms with E-state index in [1.807, 2.05) is 37.3 Å². The van der Waals surface area contributed by atoms with Gasteiger partial charge in [-0.25, -0.2) is 0 Å². The van der Waals surface area contributed by atoms with Crippen LogP contribution in [0.3, 0.4) is 0 Å². The van der Waals surface area contributed by atoms with Gasteiger partial charge in [-0.3, -0.25) is 4.79 Å². The van der Waals surface area contributed by atoms with Gasteiger partial charge in [-0.05, 0) is 46.6 Å². The Labute approximate surface area is 125 Å². The molecule has 1 N–H and O–H groups in total. The number of hydrogen-bond donors (Lipinski definition) is 1. The van der Waals surface area contributed by atoms with E-state index in [2.05, 4.69) is 21.2 Å². The van der Waals surface area contributed by atoms with E-state index in [0.29, 0.717) is 10.6 Å². The number of amides is 1. The summed E-state index contributed by atoms with van der Waals surface area (Å²) in [4.78, 5) is 12.2. The van der Waals surface area contributed by atoms with Crippen molar-refractivity contribution in [2.75, 3.05) is 0 Å². The van der Waals surface area contributed by atoms with Gasteiger partial charge in [-0.2, -0.15) is 0 Å². The van der Waals surface area contributed by atoms with Gasteiger partial charge < -0.3 is 5.32 Å². The Kier molecular flexibility index (Phi) is 4.61. The van der Waals surface area contributed by atoms with Crippen LogP contribution in [0.25, 0.3) is 0 Å². The molecule has 1 unspecified atom stereocenters. The van der Waals surface area contributed by atoms with Gasteiger partial charge in [-0.15, -0.1) is 0 Å². The van der Waals surface area contributed by atoms with Crippen LogP contribution in [0.5, 0.6) is 0 Å². The first-order valence-corrected chi connectivity index (χ1v) is 7.06. The summed E-state index contributed by atoms with van der Waals surface area (Å²) in [7, 11) is 0. The second kappa shape index (κ2) is 6.22. The van der Waals surface area contributed by atoms with Crippen molar-refractivity contribution in [2.24, 2.45) is 0 Å². The molecule has 0 saturated heterocycles. The van der Waals surface area contributed by atoms with Gasteiger partial charge in [0.1, 0.15) is 0 Å². The maximum atomic E-state index is 12.2. The molecule has 0 aliphatic heterocycles. The molecule has 1 atom stereocenters. The van der Waals surface area contributed by atoms with Crippen LogP contribution in [0.1, 0.15) is 28.9 Å². The third-order valence-corrected chi connectivity index (χ3v) is 3.75. The summed E-state index contributed by atoms with van der Waals surface area (Å²) in [6, 6.07) is 14.9. The van der Waals surface area contributed by atoms with E-state index in [9.17, 15) is 4.79 Å². The van der Waals surface area contributed by atoms with Crippen molar-refractivity contribution >= 4 is 33.4 Å². The molecule has 2 aromatic rings. The highest BCUT2D eigenvalue weighted by Gasteiger charge is 2.14. The average molecular weight is 339 g/mol. The van der Waals surface area contributed by atoms with Gasteiger partial charge in [0, 0.05) is 9.50 Å². The van der Waals surface area contributed by atoms with E-state index in [0.717, 1.165) is 10.0 Å². The lowest BCUT2D eigenvalue weighted by atomic mass is 10.1. The summed E-state index contributed by atoms with van der Waals surface area (Å²) in [6.45, 7) is 1.95. The maximum absolute atomic E-state index is 12.2. The zero-order valence-electron chi connectivity index (χ0n) is 10.4. The molecule has 0 fully saturated rings. The van der Waals surface area contributed by atoms with Crippen LogP contribution in [-0.4, -0.2) is 5.91 Å². The molecule has 0 aliphatic rings. The first-order valence-electron chi connectivity index (χ1n) is 5.89. The number of benzene rings is 2. The van der Waals surface area contributed by atoms with Crippen LogP contribution in [-0.2, 0) is 0 Å². The van der Waals surface area contributed by atoms with Crippen molar-refractivity contribution in [1.29, 1.82) is 0 Å². The monoisotopic (exact) mass is 337 g/mol. The molecule has 0 aliphatic carbocycles. The molecular formula is C15H13BrClNO. The zero-order chi connectivity index (χ0) is 13.8. The smallest absolute Gasteiger partial charge is 0.252 e. The predicted molar refractivity (Wildman–Crippen MR) is 81.5 cm³/mol. The number of rotatable bonds is 3. The molecule has 0 aromatic heterocycles. The lowest BCUT2D eigenvalue weighted by molar-refractivity contribution is 0.0939. The Morgan fingerprint density at radius 1 is 1.21 bits per heavy atom. The van der Waals surface area contributed by atoms with Crippen LogP contribution in [0.4, 0.5) is 0 Å². The summed E-state index contributed by atoms with van der Waals surface area (Å²) in [5, 5.41) is 3.50. The molecule has 0 spiro atoms. The lowest BCUT2D eigenvalue weighted by Crippen LogP contribution is -2.26. The molecule has 0 saturated carbocycles.